The van der Waals surface area contributed by atoms with Crippen molar-refractivity contribution in [2.45, 2.75) is 30.4 Å². The van der Waals surface area contributed by atoms with Crippen LogP contribution in [0.15, 0.2) is 23.1 Å². The van der Waals surface area contributed by atoms with Crippen LogP contribution in [0, 0.1) is 6.92 Å². The molecule has 1 aliphatic heterocycles. The Morgan fingerprint density at radius 2 is 2.14 bits per heavy atom. The number of aliphatic hydroxyl groups is 1. The fraction of sp³-hybridized carbons (Fsp3) is 0.462. The second-order valence-corrected chi connectivity index (χ2v) is 7.21. The summed E-state index contributed by atoms with van der Waals surface area (Å²) in [6, 6.07) is 3.39. The number of β-amino-alcohol motifs (C(OH)–C–C–N with tert-alkyl or cyclic N) is 1. The second-order valence-electron chi connectivity index (χ2n) is 4.91. The predicted molar refractivity (Wildman–Crippen MR) is 76.5 cm³/mol. The molecule has 2 unspecified atom stereocenters. The van der Waals surface area contributed by atoms with Crippen LogP contribution in [0.5, 0.6) is 0 Å². The van der Waals surface area contributed by atoms with Crippen molar-refractivity contribution in [3.63, 3.8) is 0 Å². The van der Waals surface area contributed by atoms with E-state index in [1.807, 2.05) is 0 Å². The smallest absolute Gasteiger partial charge is 0.324 e. The van der Waals surface area contributed by atoms with Crippen LogP contribution >= 0.6 is 11.6 Å². The largest absolute Gasteiger partial charge is 0.468 e. The van der Waals surface area contributed by atoms with Crippen molar-refractivity contribution in [1.29, 1.82) is 0 Å². The molecule has 2 atom stereocenters. The lowest BCUT2D eigenvalue weighted by Gasteiger charge is -2.22. The average Bonchev–Trinajstić information content (AvgIpc) is 2.80. The molecule has 8 heteroatoms. The van der Waals surface area contributed by atoms with E-state index < -0.39 is 28.1 Å². The van der Waals surface area contributed by atoms with Gasteiger partial charge in [-0.1, -0.05) is 11.6 Å². The van der Waals surface area contributed by atoms with E-state index in [1.54, 1.807) is 6.92 Å². The third-order valence-electron chi connectivity index (χ3n) is 3.43. The van der Waals surface area contributed by atoms with Crippen LogP contribution in [0.3, 0.4) is 0 Å². The fourth-order valence-electron chi connectivity index (χ4n) is 2.43. The summed E-state index contributed by atoms with van der Waals surface area (Å²) in [4.78, 5) is 11.8. The van der Waals surface area contributed by atoms with Crippen molar-refractivity contribution < 1.29 is 23.1 Å². The maximum absolute atomic E-state index is 12.7. The number of carbonyl (C=O) groups excluding carboxylic acids is 1. The number of hydrogen-bond donors (Lipinski definition) is 1. The van der Waals surface area contributed by atoms with Gasteiger partial charge in [0.2, 0.25) is 10.0 Å². The number of rotatable bonds is 3. The summed E-state index contributed by atoms with van der Waals surface area (Å²) in [6.45, 7) is 1.49. The molecule has 2 rings (SSSR count). The molecule has 0 aromatic heterocycles. The van der Waals surface area contributed by atoms with E-state index in [2.05, 4.69) is 4.74 Å². The lowest BCUT2D eigenvalue weighted by molar-refractivity contribution is -0.144. The predicted octanol–water partition coefficient (Wildman–Crippen LogP) is 0.945. The Labute approximate surface area is 128 Å². The molecule has 1 aliphatic rings. The maximum atomic E-state index is 12.7. The van der Waals surface area contributed by atoms with Crippen LogP contribution in [0.2, 0.25) is 5.02 Å². The van der Waals surface area contributed by atoms with Crippen LogP contribution in [0.25, 0.3) is 0 Å². The molecular formula is C13H16ClNO5S. The van der Waals surface area contributed by atoms with Crippen molar-refractivity contribution in [3.05, 3.63) is 28.8 Å². The lowest BCUT2D eigenvalue weighted by Crippen LogP contribution is -2.41. The van der Waals surface area contributed by atoms with Gasteiger partial charge in [-0.2, -0.15) is 4.31 Å². The lowest BCUT2D eigenvalue weighted by atomic mass is 10.2. The minimum absolute atomic E-state index is 0.0263. The zero-order valence-corrected chi connectivity index (χ0v) is 13.2. The number of nitrogens with zero attached hydrogens (tertiary/aromatic N) is 1. The van der Waals surface area contributed by atoms with Gasteiger partial charge in [-0.25, -0.2) is 8.42 Å². The maximum Gasteiger partial charge on any atom is 0.324 e. The Morgan fingerprint density at radius 3 is 2.71 bits per heavy atom. The fourth-order valence-corrected chi connectivity index (χ4v) is 4.49. The van der Waals surface area contributed by atoms with Crippen LogP contribution in [0.1, 0.15) is 12.0 Å². The third-order valence-corrected chi connectivity index (χ3v) is 5.70. The summed E-state index contributed by atoms with van der Waals surface area (Å²) in [7, 11) is -2.72. The van der Waals surface area contributed by atoms with Gasteiger partial charge >= 0.3 is 5.97 Å². The first-order valence-corrected chi connectivity index (χ1v) is 8.13. The van der Waals surface area contributed by atoms with E-state index >= 15 is 0 Å². The van der Waals surface area contributed by atoms with Crippen molar-refractivity contribution in [1.82, 2.24) is 4.31 Å². The van der Waals surface area contributed by atoms with Gasteiger partial charge in [0.1, 0.15) is 6.04 Å². The average molecular weight is 334 g/mol. The first kappa shape index (κ1) is 16.2. The van der Waals surface area contributed by atoms with Gasteiger partial charge in [-0.3, -0.25) is 4.79 Å². The molecule has 0 aliphatic carbocycles. The quantitative estimate of drug-likeness (QED) is 0.832. The number of hydrogen-bond acceptors (Lipinski definition) is 5. The van der Waals surface area contributed by atoms with E-state index in [4.69, 9.17) is 11.6 Å². The highest BCUT2D eigenvalue weighted by Crippen LogP contribution is 2.29. The van der Waals surface area contributed by atoms with Crippen molar-refractivity contribution in [3.8, 4) is 0 Å². The van der Waals surface area contributed by atoms with E-state index in [0.29, 0.717) is 10.6 Å². The molecule has 6 nitrogen and oxygen atoms in total. The number of esters is 1. The summed E-state index contributed by atoms with van der Waals surface area (Å²) in [5.74, 6) is -0.679. The van der Waals surface area contributed by atoms with Gasteiger partial charge < -0.3 is 9.84 Å². The van der Waals surface area contributed by atoms with Crippen LogP contribution < -0.4 is 0 Å². The molecule has 0 radical (unpaired) electrons. The Morgan fingerprint density at radius 1 is 1.48 bits per heavy atom. The highest BCUT2D eigenvalue weighted by molar-refractivity contribution is 7.89. The Hall–Kier alpha value is -1.15. The molecule has 21 heavy (non-hydrogen) atoms. The molecule has 1 heterocycles. The summed E-state index contributed by atoms with van der Waals surface area (Å²) in [5, 5.41) is 10.1. The molecule has 1 saturated heterocycles. The van der Waals surface area contributed by atoms with E-state index in [1.165, 1.54) is 25.3 Å². The normalized spacial score (nSPS) is 23.2. The third kappa shape index (κ3) is 3.06. The number of benzene rings is 1. The summed E-state index contributed by atoms with van der Waals surface area (Å²) in [5.41, 5.74) is 0.479. The van der Waals surface area contributed by atoms with Crippen molar-refractivity contribution >= 4 is 27.6 Å². The highest BCUT2D eigenvalue weighted by Gasteiger charge is 2.44. The monoisotopic (exact) mass is 333 g/mol. The number of methoxy groups -OCH3 is 1. The van der Waals surface area contributed by atoms with E-state index in [9.17, 15) is 18.3 Å². The Bertz CT molecular complexity index is 661. The summed E-state index contributed by atoms with van der Waals surface area (Å²) < 4.78 is 31.0. The summed E-state index contributed by atoms with van der Waals surface area (Å²) in [6.07, 6.45) is -0.866. The minimum atomic E-state index is -3.91. The van der Waals surface area contributed by atoms with Gasteiger partial charge in [-0.15, -0.1) is 0 Å². The minimum Gasteiger partial charge on any atom is -0.468 e. The van der Waals surface area contributed by atoms with Crippen LogP contribution in [-0.2, 0) is 19.6 Å². The van der Waals surface area contributed by atoms with E-state index in [-0.39, 0.29) is 17.9 Å². The molecule has 1 fully saturated rings. The van der Waals surface area contributed by atoms with Crippen LogP contribution in [-0.4, -0.2) is 49.6 Å². The number of carbonyl (C=O) groups is 1. The molecule has 1 aromatic rings. The Kier molecular flexibility index (Phi) is 4.57. The van der Waals surface area contributed by atoms with Gasteiger partial charge in [0.05, 0.1) is 18.1 Å². The molecule has 0 saturated carbocycles. The number of sulfonamides is 1. The summed E-state index contributed by atoms with van der Waals surface area (Å²) >= 11 is 5.83. The molecule has 1 N–H and O–H groups in total. The van der Waals surface area contributed by atoms with Gasteiger partial charge in [0.25, 0.3) is 0 Å². The highest BCUT2D eigenvalue weighted by atomic mass is 35.5. The number of aliphatic hydroxyl groups excluding tert-OH is 1. The molecule has 116 valence electrons. The zero-order chi connectivity index (χ0) is 15.8. The van der Waals surface area contributed by atoms with Crippen molar-refractivity contribution in [2.75, 3.05) is 13.7 Å². The zero-order valence-electron chi connectivity index (χ0n) is 11.6. The number of halogens is 1. The molecule has 0 spiro atoms. The van der Waals surface area contributed by atoms with E-state index in [0.717, 1.165) is 4.31 Å². The number of aryl methyl sites for hydroxylation is 1. The van der Waals surface area contributed by atoms with Gasteiger partial charge in [0, 0.05) is 18.0 Å². The van der Waals surface area contributed by atoms with Crippen molar-refractivity contribution in [2.24, 2.45) is 0 Å². The molecule has 0 bridgehead atoms. The second kappa shape index (κ2) is 5.92. The first-order valence-electron chi connectivity index (χ1n) is 6.31. The molecule has 1 aromatic carbocycles. The molecule has 0 amide bonds. The Balaban J connectivity index is 2.44. The first-order chi connectivity index (χ1) is 9.77. The number of ether oxygens (including phenoxy) is 1. The topological polar surface area (TPSA) is 83.9 Å². The SMILES string of the molecule is COC(=O)C1CC(O)CN1S(=O)(=O)c1ccc(Cl)cc1C. The van der Waals surface area contributed by atoms with Gasteiger partial charge in [0.15, 0.2) is 0 Å². The standard InChI is InChI=1S/C13H16ClNO5S/c1-8-5-9(14)3-4-12(8)21(18,19)15-7-10(16)6-11(15)13(17)20-2/h3-5,10-11,16H,6-7H2,1-2H3. The van der Waals surface area contributed by atoms with Crippen LogP contribution in [0.4, 0.5) is 0 Å². The molecular weight excluding hydrogens is 318 g/mol. The van der Waals surface area contributed by atoms with Gasteiger partial charge in [-0.05, 0) is 30.7 Å².